The van der Waals surface area contributed by atoms with E-state index in [0.29, 0.717) is 11.4 Å². The van der Waals surface area contributed by atoms with Crippen molar-refractivity contribution >= 4 is 47.3 Å². The number of aliphatic hydroxyl groups excluding tert-OH is 1. The molecule has 1 aromatic heterocycles. The molecule has 4 amide bonds. The van der Waals surface area contributed by atoms with E-state index in [4.69, 9.17) is 15.9 Å². The second-order valence-corrected chi connectivity index (χ2v) is 9.07. The Morgan fingerprint density at radius 3 is 2.24 bits per heavy atom. The second kappa shape index (κ2) is 16.9. The molecule has 1 aromatic rings. The van der Waals surface area contributed by atoms with Gasteiger partial charge in [0.1, 0.15) is 18.1 Å². The molecule has 0 aliphatic carbocycles. The predicted octanol–water partition coefficient (Wildman–Crippen LogP) is -3.46. The van der Waals surface area contributed by atoms with Gasteiger partial charge in [0.25, 0.3) is 0 Å². The highest BCUT2D eigenvalue weighted by molar-refractivity contribution is 7.98. The van der Waals surface area contributed by atoms with E-state index in [2.05, 4.69) is 31.2 Å². The lowest BCUT2D eigenvalue weighted by molar-refractivity contribution is -0.143. The number of aliphatic carboxylic acids is 2. The van der Waals surface area contributed by atoms with Gasteiger partial charge >= 0.3 is 11.9 Å². The standard InChI is InChI=1S/C21H33N7O9S/c1-38-5-4-13(27-18(33)12(22)6-11-7-23-10-25-11)20(35)28-15(9-29)19(34)24-8-16(30)26-14(21(36)37)2-3-17(31)32/h7,10,12-15,29H,2-6,8-9,22H2,1H3,(H,23,25)(H,24,34)(H,26,30)(H,27,33)(H,28,35)(H,31,32)(H,36,37)/t12-,13-,14-,15-/m0/s1. The lowest BCUT2D eigenvalue weighted by Crippen LogP contribution is -2.57. The Hall–Kier alpha value is -3.70. The van der Waals surface area contributed by atoms with Crippen molar-refractivity contribution in [3.8, 4) is 0 Å². The molecular weight excluding hydrogens is 526 g/mol. The minimum Gasteiger partial charge on any atom is -0.481 e. The Labute approximate surface area is 221 Å². The van der Waals surface area contributed by atoms with E-state index in [1.807, 2.05) is 0 Å². The zero-order valence-electron chi connectivity index (χ0n) is 20.6. The second-order valence-electron chi connectivity index (χ2n) is 8.08. The Bertz CT molecular complexity index is 961. The van der Waals surface area contributed by atoms with Crippen molar-refractivity contribution in [3.63, 3.8) is 0 Å². The highest BCUT2D eigenvalue weighted by atomic mass is 32.2. The van der Waals surface area contributed by atoms with Crippen LogP contribution in [0.1, 0.15) is 25.0 Å². The average Bonchev–Trinajstić information content (AvgIpc) is 3.38. The molecule has 0 aromatic carbocycles. The average molecular weight is 560 g/mol. The van der Waals surface area contributed by atoms with E-state index in [1.54, 1.807) is 6.26 Å². The number of thioether (sulfide) groups is 1. The van der Waals surface area contributed by atoms with Crippen molar-refractivity contribution in [1.82, 2.24) is 31.2 Å². The van der Waals surface area contributed by atoms with Gasteiger partial charge in [-0.25, -0.2) is 9.78 Å². The maximum atomic E-state index is 12.8. The molecule has 0 aliphatic heterocycles. The third-order valence-electron chi connectivity index (χ3n) is 5.09. The first kappa shape index (κ1) is 32.3. The van der Waals surface area contributed by atoms with E-state index in [9.17, 15) is 33.9 Å². The number of nitrogens with one attached hydrogen (secondary N) is 5. The van der Waals surface area contributed by atoms with Gasteiger partial charge < -0.3 is 47.3 Å². The van der Waals surface area contributed by atoms with Crippen molar-refractivity contribution in [2.75, 3.05) is 25.2 Å². The first-order valence-electron chi connectivity index (χ1n) is 11.4. The van der Waals surface area contributed by atoms with Crippen LogP contribution in [0.15, 0.2) is 12.5 Å². The first-order chi connectivity index (χ1) is 18.0. The van der Waals surface area contributed by atoms with Crippen LogP contribution in [0, 0.1) is 0 Å². The smallest absolute Gasteiger partial charge is 0.326 e. The number of amides is 4. The van der Waals surface area contributed by atoms with Crippen LogP contribution >= 0.6 is 11.8 Å². The molecule has 38 heavy (non-hydrogen) atoms. The monoisotopic (exact) mass is 559 g/mol. The van der Waals surface area contributed by atoms with Gasteiger partial charge in [0.15, 0.2) is 0 Å². The number of aliphatic hydroxyl groups is 1. The van der Waals surface area contributed by atoms with E-state index in [0.717, 1.165) is 0 Å². The molecule has 1 heterocycles. The summed E-state index contributed by atoms with van der Waals surface area (Å²) in [4.78, 5) is 78.2. The zero-order valence-corrected chi connectivity index (χ0v) is 21.5. The minimum absolute atomic E-state index is 0.144. The molecule has 0 radical (unpaired) electrons. The highest BCUT2D eigenvalue weighted by Gasteiger charge is 2.28. The molecule has 1 rings (SSSR count). The molecule has 0 aliphatic rings. The molecule has 4 atom stereocenters. The summed E-state index contributed by atoms with van der Waals surface area (Å²) in [6, 6.07) is -5.02. The predicted molar refractivity (Wildman–Crippen MR) is 134 cm³/mol. The highest BCUT2D eigenvalue weighted by Crippen LogP contribution is 2.04. The maximum absolute atomic E-state index is 12.8. The maximum Gasteiger partial charge on any atom is 0.326 e. The molecule has 17 heteroatoms. The summed E-state index contributed by atoms with van der Waals surface area (Å²) < 4.78 is 0. The molecule has 0 saturated carbocycles. The van der Waals surface area contributed by atoms with Crippen LogP contribution in [-0.4, -0.2) is 110 Å². The normalized spacial score (nSPS) is 13.9. The van der Waals surface area contributed by atoms with Crippen LogP contribution in [0.5, 0.6) is 0 Å². The molecule has 0 spiro atoms. The van der Waals surface area contributed by atoms with Crippen LogP contribution in [-0.2, 0) is 35.2 Å². The minimum atomic E-state index is -1.48. The summed E-state index contributed by atoms with van der Waals surface area (Å²) in [6.07, 6.45) is 4.22. The zero-order chi connectivity index (χ0) is 28.7. The Kier molecular flexibility index (Phi) is 14.4. The van der Waals surface area contributed by atoms with Gasteiger partial charge in [0, 0.05) is 24.7 Å². The topological polar surface area (TPSA) is 266 Å². The Morgan fingerprint density at radius 1 is 1.00 bits per heavy atom. The fourth-order valence-electron chi connectivity index (χ4n) is 3.04. The number of nitrogens with two attached hydrogens (primary N) is 1. The number of carboxylic acid groups (broad SMARTS) is 2. The van der Waals surface area contributed by atoms with Crippen LogP contribution in [0.3, 0.4) is 0 Å². The van der Waals surface area contributed by atoms with Crippen molar-refractivity contribution in [1.29, 1.82) is 0 Å². The third-order valence-corrected chi connectivity index (χ3v) is 5.74. The van der Waals surface area contributed by atoms with E-state index >= 15 is 0 Å². The van der Waals surface area contributed by atoms with Gasteiger partial charge in [-0.05, 0) is 24.9 Å². The Morgan fingerprint density at radius 2 is 1.68 bits per heavy atom. The van der Waals surface area contributed by atoms with Gasteiger partial charge in [0.2, 0.25) is 23.6 Å². The molecule has 0 fully saturated rings. The summed E-state index contributed by atoms with van der Waals surface area (Å²) in [5, 5.41) is 36.4. The first-order valence-corrected chi connectivity index (χ1v) is 12.8. The van der Waals surface area contributed by atoms with E-state index < -0.39 is 79.3 Å². The Balaban J connectivity index is 2.68. The van der Waals surface area contributed by atoms with Crippen molar-refractivity contribution in [3.05, 3.63) is 18.2 Å². The number of rotatable bonds is 18. The summed E-state index contributed by atoms with van der Waals surface area (Å²) in [5.74, 6) is -5.45. The summed E-state index contributed by atoms with van der Waals surface area (Å²) >= 11 is 1.42. The number of carboxylic acids is 2. The van der Waals surface area contributed by atoms with Gasteiger partial charge in [0.05, 0.1) is 25.5 Å². The summed E-state index contributed by atoms with van der Waals surface area (Å²) in [7, 11) is 0. The third kappa shape index (κ3) is 12.0. The fourth-order valence-corrected chi connectivity index (χ4v) is 3.51. The number of imidazole rings is 1. The number of aromatic amines is 1. The number of nitrogens with zero attached hydrogens (tertiary/aromatic N) is 1. The molecule has 0 unspecified atom stereocenters. The lowest BCUT2D eigenvalue weighted by atomic mass is 10.1. The summed E-state index contributed by atoms with van der Waals surface area (Å²) in [6.45, 7) is -1.53. The van der Waals surface area contributed by atoms with Crippen molar-refractivity contribution in [2.45, 2.75) is 49.9 Å². The number of H-pyrrole nitrogens is 1. The number of carbonyl (C=O) groups excluding carboxylic acids is 4. The van der Waals surface area contributed by atoms with E-state index in [1.165, 1.54) is 24.3 Å². The van der Waals surface area contributed by atoms with Gasteiger partial charge in [-0.3, -0.25) is 24.0 Å². The molecule has 10 N–H and O–H groups in total. The van der Waals surface area contributed by atoms with Crippen molar-refractivity contribution < 1.29 is 44.1 Å². The molecule has 0 bridgehead atoms. The van der Waals surface area contributed by atoms with Crippen LogP contribution in [0.4, 0.5) is 0 Å². The number of aromatic nitrogens is 2. The number of hydrogen-bond donors (Lipinski definition) is 9. The number of carbonyl (C=O) groups is 6. The van der Waals surface area contributed by atoms with Gasteiger partial charge in [-0.1, -0.05) is 0 Å². The van der Waals surface area contributed by atoms with Crippen LogP contribution in [0.25, 0.3) is 0 Å². The number of hydrogen-bond acceptors (Lipinski definition) is 10. The summed E-state index contributed by atoms with van der Waals surface area (Å²) in [5.41, 5.74) is 6.53. The van der Waals surface area contributed by atoms with Crippen LogP contribution < -0.4 is 27.0 Å². The molecule has 16 nitrogen and oxygen atoms in total. The van der Waals surface area contributed by atoms with Gasteiger partial charge in [-0.15, -0.1) is 0 Å². The molecule has 0 saturated heterocycles. The largest absolute Gasteiger partial charge is 0.481 e. The van der Waals surface area contributed by atoms with E-state index in [-0.39, 0.29) is 19.3 Å². The molecular formula is C21H33N7O9S. The van der Waals surface area contributed by atoms with Gasteiger partial charge in [-0.2, -0.15) is 11.8 Å². The molecule has 212 valence electrons. The lowest BCUT2D eigenvalue weighted by Gasteiger charge is -2.23. The van der Waals surface area contributed by atoms with Crippen molar-refractivity contribution in [2.24, 2.45) is 5.73 Å². The fraction of sp³-hybridized carbons (Fsp3) is 0.571. The SMILES string of the molecule is CSCC[C@H](NC(=O)[C@@H](N)Cc1cnc[nH]1)C(=O)N[C@@H](CO)C(=O)NCC(=O)N[C@@H](CCC(=O)O)C(=O)O. The quantitative estimate of drug-likeness (QED) is 0.0849. The van der Waals surface area contributed by atoms with Crippen LogP contribution in [0.2, 0.25) is 0 Å².